The van der Waals surface area contributed by atoms with Gasteiger partial charge in [0.1, 0.15) is 5.75 Å². The molecule has 0 aromatic heterocycles. The van der Waals surface area contributed by atoms with Gasteiger partial charge >= 0.3 is 0 Å². The number of aliphatic imine (C=N–C) groups is 1. The Labute approximate surface area is 171 Å². The fourth-order valence-electron chi connectivity index (χ4n) is 3.43. The molecule has 0 saturated carbocycles. The lowest BCUT2D eigenvalue weighted by Crippen LogP contribution is -2.37. The standard InChI is InChI=1S/C20H28N2O4S2/c1-4-5-9-26-16-8-6-7-15(11-16)22-17-12-28(24,25)13-18(17)27-20(22)21-19(23)10-14(2)3/h6-8,11,14,17-18H,4-5,9-10,12-13H2,1-3H3. The smallest absolute Gasteiger partial charge is 0.248 e. The van der Waals surface area contributed by atoms with Gasteiger partial charge in [0.15, 0.2) is 15.0 Å². The molecule has 0 bridgehead atoms. The molecule has 0 aliphatic carbocycles. The highest BCUT2D eigenvalue weighted by atomic mass is 32.2. The molecule has 2 aliphatic heterocycles. The molecule has 1 aromatic rings. The van der Waals surface area contributed by atoms with Gasteiger partial charge < -0.3 is 9.64 Å². The highest BCUT2D eigenvalue weighted by molar-refractivity contribution is 8.16. The maximum atomic E-state index is 12.3. The quantitative estimate of drug-likeness (QED) is 0.624. The topological polar surface area (TPSA) is 76.0 Å². The summed E-state index contributed by atoms with van der Waals surface area (Å²) < 4.78 is 30.1. The van der Waals surface area contributed by atoms with Crippen LogP contribution in [0.25, 0.3) is 0 Å². The monoisotopic (exact) mass is 424 g/mol. The number of carbonyl (C=O) groups excluding carboxylic acids is 1. The van der Waals surface area contributed by atoms with Crippen molar-refractivity contribution in [3.05, 3.63) is 24.3 Å². The third-order valence-electron chi connectivity index (χ3n) is 4.73. The lowest BCUT2D eigenvalue weighted by atomic mass is 10.1. The molecule has 0 spiro atoms. The predicted octanol–water partition coefficient (Wildman–Crippen LogP) is 3.51. The average molecular weight is 425 g/mol. The van der Waals surface area contributed by atoms with Crippen LogP contribution < -0.4 is 9.64 Å². The molecule has 3 rings (SSSR count). The van der Waals surface area contributed by atoms with E-state index in [1.54, 1.807) is 0 Å². The number of carbonyl (C=O) groups is 1. The van der Waals surface area contributed by atoms with Crippen molar-refractivity contribution in [3.63, 3.8) is 0 Å². The largest absolute Gasteiger partial charge is 0.494 e. The summed E-state index contributed by atoms with van der Waals surface area (Å²) in [6, 6.07) is 7.42. The van der Waals surface area contributed by atoms with E-state index in [1.165, 1.54) is 11.8 Å². The Kier molecular flexibility index (Phi) is 6.70. The van der Waals surface area contributed by atoms with Gasteiger partial charge in [0, 0.05) is 23.4 Å². The van der Waals surface area contributed by atoms with E-state index in [1.807, 2.05) is 43.0 Å². The van der Waals surface area contributed by atoms with Crippen LogP contribution in [0.3, 0.4) is 0 Å². The summed E-state index contributed by atoms with van der Waals surface area (Å²) in [6.45, 7) is 6.72. The Morgan fingerprint density at radius 3 is 2.86 bits per heavy atom. The molecule has 1 aromatic carbocycles. The number of thioether (sulfide) groups is 1. The molecule has 28 heavy (non-hydrogen) atoms. The first-order valence-corrected chi connectivity index (χ1v) is 12.5. The SMILES string of the molecule is CCCCOc1cccc(N2C(=NC(=O)CC(C)C)SC3CS(=O)(=O)CC32)c1. The zero-order valence-electron chi connectivity index (χ0n) is 16.6. The fourth-order valence-corrected chi connectivity index (χ4v) is 7.36. The number of rotatable bonds is 7. The lowest BCUT2D eigenvalue weighted by molar-refractivity contribution is -0.118. The van der Waals surface area contributed by atoms with Crippen LogP contribution in [0.1, 0.15) is 40.0 Å². The first-order chi connectivity index (χ1) is 13.3. The van der Waals surface area contributed by atoms with E-state index in [9.17, 15) is 13.2 Å². The molecule has 1 amide bonds. The molecule has 0 N–H and O–H groups in total. The van der Waals surface area contributed by atoms with Crippen LogP contribution in [-0.4, -0.2) is 48.9 Å². The molecule has 2 unspecified atom stereocenters. The third-order valence-corrected chi connectivity index (χ3v) is 7.94. The second kappa shape index (κ2) is 8.86. The normalized spacial score (nSPS) is 24.7. The molecule has 0 radical (unpaired) electrons. The Morgan fingerprint density at radius 1 is 1.36 bits per heavy atom. The molecule has 2 heterocycles. The van der Waals surface area contributed by atoms with Crippen LogP contribution in [0.5, 0.6) is 5.75 Å². The maximum absolute atomic E-state index is 12.3. The average Bonchev–Trinajstić information content (AvgIpc) is 3.05. The van der Waals surface area contributed by atoms with Crippen molar-refractivity contribution in [1.29, 1.82) is 0 Å². The first kappa shape index (κ1) is 21.2. The lowest BCUT2D eigenvalue weighted by Gasteiger charge is -2.25. The first-order valence-electron chi connectivity index (χ1n) is 9.79. The predicted molar refractivity (Wildman–Crippen MR) is 115 cm³/mol. The number of amidine groups is 1. The second-order valence-corrected chi connectivity index (χ2v) is 11.1. The number of fused-ring (bicyclic) bond motifs is 1. The maximum Gasteiger partial charge on any atom is 0.248 e. The molecule has 2 fully saturated rings. The summed E-state index contributed by atoms with van der Waals surface area (Å²) in [4.78, 5) is 18.6. The van der Waals surface area contributed by atoms with Crippen molar-refractivity contribution in [2.45, 2.75) is 51.3 Å². The molecule has 154 valence electrons. The summed E-state index contributed by atoms with van der Waals surface area (Å²) in [5.41, 5.74) is 0.821. The highest BCUT2D eigenvalue weighted by Crippen LogP contribution is 2.41. The number of hydrogen-bond donors (Lipinski definition) is 0. The van der Waals surface area contributed by atoms with Crippen LogP contribution in [-0.2, 0) is 14.6 Å². The Hall–Kier alpha value is -1.54. The Balaban J connectivity index is 1.90. The number of amides is 1. The number of anilines is 1. The van der Waals surface area contributed by atoms with Crippen LogP contribution >= 0.6 is 11.8 Å². The van der Waals surface area contributed by atoms with Gasteiger partial charge in [-0.25, -0.2) is 8.42 Å². The molecular weight excluding hydrogens is 396 g/mol. The van der Waals surface area contributed by atoms with E-state index < -0.39 is 9.84 Å². The van der Waals surface area contributed by atoms with Gasteiger partial charge in [-0.15, -0.1) is 0 Å². The summed E-state index contributed by atoms with van der Waals surface area (Å²) >= 11 is 1.40. The highest BCUT2D eigenvalue weighted by Gasteiger charge is 2.49. The van der Waals surface area contributed by atoms with Gasteiger partial charge in [-0.3, -0.25) is 4.79 Å². The van der Waals surface area contributed by atoms with Crippen LogP contribution in [0.2, 0.25) is 0 Å². The van der Waals surface area contributed by atoms with E-state index in [-0.39, 0.29) is 34.6 Å². The van der Waals surface area contributed by atoms with Gasteiger partial charge in [0.25, 0.3) is 0 Å². The summed E-state index contributed by atoms with van der Waals surface area (Å²) in [7, 11) is -3.08. The fraction of sp³-hybridized carbons (Fsp3) is 0.600. The zero-order chi connectivity index (χ0) is 20.3. The third kappa shape index (κ3) is 5.08. The number of sulfone groups is 1. The van der Waals surface area contributed by atoms with E-state index in [0.717, 1.165) is 24.3 Å². The van der Waals surface area contributed by atoms with E-state index in [4.69, 9.17) is 4.74 Å². The number of benzene rings is 1. The minimum absolute atomic E-state index is 0.0863. The molecule has 6 nitrogen and oxygen atoms in total. The van der Waals surface area contributed by atoms with Crippen molar-refractivity contribution >= 4 is 38.4 Å². The molecule has 2 aliphatic rings. The van der Waals surface area contributed by atoms with Gasteiger partial charge in [0.05, 0.1) is 24.2 Å². The second-order valence-electron chi connectivity index (χ2n) is 7.76. The van der Waals surface area contributed by atoms with Crippen LogP contribution in [0.4, 0.5) is 5.69 Å². The minimum atomic E-state index is -3.08. The zero-order valence-corrected chi connectivity index (χ0v) is 18.3. The summed E-state index contributed by atoms with van der Waals surface area (Å²) in [5.74, 6) is 1.02. The minimum Gasteiger partial charge on any atom is -0.494 e. The van der Waals surface area contributed by atoms with Crippen molar-refractivity contribution in [3.8, 4) is 5.75 Å². The van der Waals surface area contributed by atoms with Crippen molar-refractivity contribution in [2.75, 3.05) is 23.0 Å². The summed E-state index contributed by atoms with van der Waals surface area (Å²) in [6.07, 6.45) is 2.41. The van der Waals surface area contributed by atoms with Crippen molar-refractivity contribution < 1.29 is 17.9 Å². The number of ether oxygens (including phenoxy) is 1. The van der Waals surface area contributed by atoms with Crippen molar-refractivity contribution in [1.82, 2.24) is 0 Å². The number of hydrogen-bond acceptors (Lipinski definition) is 5. The van der Waals surface area contributed by atoms with E-state index >= 15 is 0 Å². The molecule has 2 saturated heterocycles. The Bertz CT molecular complexity index is 852. The van der Waals surface area contributed by atoms with Crippen LogP contribution in [0, 0.1) is 5.92 Å². The van der Waals surface area contributed by atoms with Crippen LogP contribution in [0.15, 0.2) is 29.3 Å². The van der Waals surface area contributed by atoms with Gasteiger partial charge in [-0.1, -0.05) is 45.0 Å². The van der Waals surface area contributed by atoms with E-state index in [0.29, 0.717) is 18.2 Å². The van der Waals surface area contributed by atoms with Gasteiger partial charge in [0.2, 0.25) is 5.91 Å². The van der Waals surface area contributed by atoms with E-state index in [2.05, 4.69) is 11.9 Å². The van der Waals surface area contributed by atoms with Gasteiger partial charge in [-0.05, 0) is 24.5 Å². The Morgan fingerprint density at radius 2 is 2.14 bits per heavy atom. The van der Waals surface area contributed by atoms with Crippen molar-refractivity contribution in [2.24, 2.45) is 10.9 Å². The van der Waals surface area contributed by atoms with Gasteiger partial charge in [-0.2, -0.15) is 4.99 Å². The number of nitrogens with zero attached hydrogens (tertiary/aromatic N) is 2. The molecule has 2 atom stereocenters. The number of unbranched alkanes of at least 4 members (excludes halogenated alkanes) is 1. The molecular formula is C20H28N2O4S2. The summed E-state index contributed by atoms with van der Waals surface area (Å²) in [5, 5.41) is 0.501. The molecule has 8 heteroatoms.